The van der Waals surface area contributed by atoms with E-state index in [1.165, 1.54) is 19.2 Å². The Labute approximate surface area is 166 Å². The molecule has 150 valence electrons. The number of fused-ring (bicyclic) bond motifs is 1. The Balaban J connectivity index is 1.74. The van der Waals surface area contributed by atoms with Gasteiger partial charge in [0.25, 0.3) is 5.71 Å². The lowest BCUT2D eigenvalue weighted by Gasteiger charge is -2.20. The van der Waals surface area contributed by atoms with Gasteiger partial charge in [0.15, 0.2) is 0 Å². The van der Waals surface area contributed by atoms with Gasteiger partial charge in [0.2, 0.25) is 0 Å². The fraction of sp³-hybridized carbons (Fsp3) is 0.476. The lowest BCUT2D eigenvalue weighted by molar-refractivity contribution is 0.274. The van der Waals surface area contributed by atoms with Crippen molar-refractivity contribution in [2.24, 2.45) is 0 Å². The summed E-state index contributed by atoms with van der Waals surface area (Å²) in [6.45, 7) is 8.66. The van der Waals surface area contributed by atoms with Crippen LogP contribution in [0.15, 0.2) is 35.1 Å². The predicted octanol–water partition coefficient (Wildman–Crippen LogP) is 4.22. The molecule has 2 aromatic heterocycles. The average molecular weight is 383 g/mol. The fourth-order valence-corrected chi connectivity index (χ4v) is 3.37. The Morgan fingerprint density at radius 3 is 2.68 bits per heavy atom. The Bertz CT molecular complexity index is 874. The molecule has 0 saturated carbocycles. The number of nitrogens with zero attached hydrogens (tertiary/aromatic N) is 4. The van der Waals surface area contributed by atoms with Crippen LogP contribution in [0, 0.1) is 0 Å². The van der Waals surface area contributed by atoms with E-state index in [1.54, 1.807) is 7.11 Å². The Morgan fingerprint density at radius 2 is 1.93 bits per heavy atom. The first-order chi connectivity index (χ1) is 13.8. The zero-order valence-electron chi connectivity index (χ0n) is 16.9. The van der Waals surface area contributed by atoms with E-state index in [4.69, 9.17) is 9.26 Å². The highest BCUT2D eigenvalue weighted by Crippen LogP contribution is 2.32. The van der Waals surface area contributed by atoms with Crippen molar-refractivity contribution in [2.75, 3.05) is 38.6 Å². The van der Waals surface area contributed by atoms with E-state index in [1.807, 2.05) is 24.3 Å². The van der Waals surface area contributed by atoms with Crippen molar-refractivity contribution in [2.45, 2.75) is 33.1 Å². The van der Waals surface area contributed by atoms with Gasteiger partial charge in [0, 0.05) is 12.1 Å². The third kappa shape index (κ3) is 4.78. The van der Waals surface area contributed by atoms with Crippen LogP contribution < -0.4 is 10.1 Å². The number of ether oxygens (including phenoxy) is 1. The number of nitrogens with one attached hydrogen (secondary N) is 1. The molecule has 2 heterocycles. The Hall–Kier alpha value is -2.67. The molecule has 3 aromatic rings. The lowest BCUT2D eigenvalue weighted by atomic mass is 10.1. The summed E-state index contributed by atoms with van der Waals surface area (Å²) in [4.78, 5) is 11.2. The standard InChI is InChI=1S/C21H29N5O2/c1-4-11-26(12-5-2)13-7-10-22-20-18-19(25-28-21(18)24-15-23-20)16-8-6-9-17(14-16)27-3/h6,8-9,14-15H,4-5,7,10-13H2,1-3H3,(H,22,23,24). The summed E-state index contributed by atoms with van der Waals surface area (Å²) in [7, 11) is 1.65. The number of anilines is 1. The number of hydrogen-bond acceptors (Lipinski definition) is 7. The summed E-state index contributed by atoms with van der Waals surface area (Å²) in [5, 5.41) is 8.47. The summed E-state index contributed by atoms with van der Waals surface area (Å²) in [5.41, 5.74) is 2.11. The van der Waals surface area contributed by atoms with Gasteiger partial charge in [0.1, 0.15) is 29.0 Å². The minimum atomic E-state index is 0.480. The van der Waals surface area contributed by atoms with Crippen LogP contribution in [0.4, 0.5) is 5.82 Å². The molecule has 0 atom stereocenters. The highest BCUT2D eigenvalue weighted by molar-refractivity contribution is 5.97. The van der Waals surface area contributed by atoms with E-state index in [-0.39, 0.29) is 0 Å². The van der Waals surface area contributed by atoms with Crippen LogP contribution in [0.25, 0.3) is 22.4 Å². The van der Waals surface area contributed by atoms with Crippen LogP contribution in [0.2, 0.25) is 0 Å². The van der Waals surface area contributed by atoms with E-state index in [0.29, 0.717) is 5.71 Å². The van der Waals surface area contributed by atoms with Crippen LogP contribution >= 0.6 is 0 Å². The Kier molecular flexibility index (Phi) is 7.19. The molecular formula is C21H29N5O2. The number of methoxy groups -OCH3 is 1. The van der Waals surface area contributed by atoms with Gasteiger partial charge in [-0.1, -0.05) is 31.1 Å². The lowest BCUT2D eigenvalue weighted by Crippen LogP contribution is -2.27. The number of aromatic nitrogens is 3. The Morgan fingerprint density at radius 1 is 1.11 bits per heavy atom. The molecule has 7 heteroatoms. The van der Waals surface area contributed by atoms with E-state index in [9.17, 15) is 0 Å². The van der Waals surface area contributed by atoms with Crippen molar-refractivity contribution in [1.82, 2.24) is 20.0 Å². The van der Waals surface area contributed by atoms with Gasteiger partial charge < -0.3 is 19.5 Å². The monoisotopic (exact) mass is 383 g/mol. The molecule has 0 amide bonds. The van der Waals surface area contributed by atoms with Crippen molar-refractivity contribution < 1.29 is 9.26 Å². The summed E-state index contributed by atoms with van der Waals surface area (Å²) < 4.78 is 10.8. The van der Waals surface area contributed by atoms with Gasteiger partial charge in [-0.05, 0) is 51.0 Å². The first-order valence-corrected chi connectivity index (χ1v) is 9.97. The molecule has 0 radical (unpaired) electrons. The third-order valence-corrected chi connectivity index (χ3v) is 4.64. The van der Waals surface area contributed by atoms with Gasteiger partial charge in [0.05, 0.1) is 7.11 Å². The molecule has 0 aliphatic rings. The SMILES string of the molecule is CCCN(CCC)CCCNc1ncnc2onc(-c3cccc(OC)c3)c12. The summed E-state index contributed by atoms with van der Waals surface area (Å²) in [5.74, 6) is 1.52. The third-order valence-electron chi connectivity index (χ3n) is 4.64. The smallest absolute Gasteiger partial charge is 0.263 e. The largest absolute Gasteiger partial charge is 0.497 e. The first-order valence-electron chi connectivity index (χ1n) is 9.97. The number of benzene rings is 1. The fourth-order valence-electron chi connectivity index (χ4n) is 3.37. The van der Waals surface area contributed by atoms with E-state index < -0.39 is 0 Å². The van der Waals surface area contributed by atoms with Crippen LogP contribution in [-0.4, -0.2) is 53.3 Å². The van der Waals surface area contributed by atoms with Gasteiger partial charge >= 0.3 is 0 Å². The zero-order valence-corrected chi connectivity index (χ0v) is 16.9. The summed E-state index contributed by atoms with van der Waals surface area (Å²) in [6, 6.07) is 7.74. The minimum Gasteiger partial charge on any atom is -0.497 e. The van der Waals surface area contributed by atoms with E-state index in [0.717, 1.165) is 60.8 Å². The molecule has 0 bridgehead atoms. The van der Waals surface area contributed by atoms with Crippen molar-refractivity contribution in [3.8, 4) is 17.0 Å². The second-order valence-electron chi connectivity index (χ2n) is 6.79. The molecule has 0 spiro atoms. The van der Waals surface area contributed by atoms with Crippen molar-refractivity contribution in [1.29, 1.82) is 0 Å². The van der Waals surface area contributed by atoms with E-state index in [2.05, 4.69) is 39.2 Å². The second kappa shape index (κ2) is 10.0. The van der Waals surface area contributed by atoms with Crippen LogP contribution in [0.5, 0.6) is 5.75 Å². The molecule has 0 saturated heterocycles. The quantitative estimate of drug-likeness (QED) is 0.497. The highest BCUT2D eigenvalue weighted by atomic mass is 16.5. The average Bonchev–Trinajstić information content (AvgIpc) is 3.16. The number of rotatable bonds is 11. The molecular weight excluding hydrogens is 354 g/mol. The molecule has 0 fully saturated rings. The molecule has 0 unspecified atom stereocenters. The van der Waals surface area contributed by atoms with Gasteiger partial charge in [-0.2, -0.15) is 4.98 Å². The van der Waals surface area contributed by atoms with Crippen molar-refractivity contribution >= 4 is 16.9 Å². The second-order valence-corrected chi connectivity index (χ2v) is 6.79. The number of hydrogen-bond donors (Lipinski definition) is 1. The molecule has 28 heavy (non-hydrogen) atoms. The molecule has 3 rings (SSSR count). The topological polar surface area (TPSA) is 76.3 Å². The van der Waals surface area contributed by atoms with Crippen LogP contribution in [0.1, 0.15) is 33.1 Å². The van der Waals surface area contributed by atoms with Gasteiger partial charge in [-0.25, -0.2) is 4.98 Å². The van der Waals surface area contributed by atoms with Crippen molar-refractivity contribution in [3.63, 3.8) is 0 Å². The summed E-state index contributed by atoms with van der Waals surface area (Å²) >= 11 is 0. The molecule has 1 aromatic carbocycles. The molecule has 1 N–H and O–H groups in total. The van der Waals surface area contributed by atoms with Crippen LogP contribution in [-0.2, 0) is 0 Å². The van der Waals surface area contributed by atoms with Crippen molar-refractivity contribution in [3.05, 3.63) is 30.6 Å². The maximum absolute atomic E-state index is 5.44. The first kappa shape index (κ1) is 20.1. The predicted molar refractivity (Wildman–Crippen MR) is 112 cm³/mol. The molecule has 0 aliphatic carbocycles. The maximum atomic E-state index is 5.44. The van der Waals surface area contributed by atoms with E-state index >= 15 is 0 Å². The van der Waals surface area contributed by atoms with Gasteiger partial charge in [-0.15, -0.1) is 0 Å². The molecule has 0 aliphatic heterocycles. The van der Waals surface area contributed by atoms with Crippen LogP contribution in [0.3, 0.4) is 0 Å². The zero-order chi connectivity index (χ0) is 19.8. The maximum Gasteiger partial charge on any atom is 0.263 e. The van der Waals surface area contributed by atoms with Gasteiger partial charge in [-0.3, -0.25) is 0 Å². The normalized spacial score (nSPS) is 11.3. The highest BCUT2D eigenvalue weighted by Gasteiger charge is 2.17. The minimum absolute atomic E-state index is 0.480. The summed E-state index contributed by atoms with van der Waals surface area (Å²) in [6.07, 6.45) is 4.92. The molecule has 7 nitrogen and oxygen atoms in total.